The van der Waals surface area contributed by atoms with Crippen molar-refractivity contribution in [3.63, 3.8) is 0 Å². The first kappa shape index (κ1) is 18.3. The molecule has 0 spiro atoms. The van der Waals surface area contributed by atoms with Gasteiger partial charge in [0, 0.05) is 32.7 Å². The van der Waals surface area contributed by atoms with Crippen molar-refractivity contribution >= 4 is 11.0 Å². The number of aryl methyl sites for hydroxylation is 1. The van der Waals surface area contributed by atoms with Crippen LogP contribution in [0.25, 0.3) is 11.0 Å². The smallest absolute Gasteiger partial charge is 0.110 e. The molecule has 0 bridgehead atoms. The zero-order chi connectivity index (χ0) is 17.8. The van der Waals surface area contributed by atoms with E-state index in [4.69, 9.17) is 9.84 Å². The van der Waals surface area contributed by atoms with Crippen LogP contribution in [0.2, 0.25) is 0 Å². The standard InChI is InChI=1S/C19H29N3O3/c1-14-10-21(11-15(2)25-14)12-16(24)13-22-18-7-4-3-6-17(18)20-19(22)8-5-9-23/h3-4,6-7,14-16,23-24H,5,8-13H2,1-2H3. The van der Waals surface area contributed by atoms with Crippen LogP contribution in [0.5, 0.6) is 0 Å². The minimum absolute atomic E-state index is 0.148. The van der Waals surface area contributed by atoms with Gasteiger partial charge < -0.3 is 19.5 Å². The fraction of sp³-hybridized carbons (Fsp3) is 0.632. The van der Waals surface area contributed by atoms with Gasteiger partial charge in [0.2, 0.25) is 0 Å². The molecule has 2 heterocycles. The van der Waals surface area contributed by atoms with E-state index in [0.29, 0.717) is 25.9 Å². The monoisotopic (exact) mass is 347 g/mol. The van der Waals surface area contributed by atoms with Crippen LogP contribution >= 0.6 is 0 Å². The third kappa shape index (κ3) is 4.58. The minimum atomic E-state index is -0.469. The Kier molecular flexibility index (Phi) is 6.06. The average molecular weight is 347 g/mol. The summed E-state index contributed by atoms with van der Waals surface area (Å²) >= 11 is 0. The van der Waals surface area contributed by atoms with Gasteiger partial charge >= 0.3 is 0 Å². The highest BCUT2D eigenvalue weighted by Crippen LogP contribution is 2.18. The number of aliphatic hydroxyl groups is 2. The van der Waals surface area contributed by atoms with E-state index in [0.717, 1.165) is 29.9 Å². The Labute approximate surface area is 149 Å². The number of aromatic nitrogens is 2. The Balaban J connectivity index is 1.72. The number of β-amino-alcohol motifs (C(OH)–C–C–N with tert-alkyl or cyclic N) is 1. The quantitative estimate of drug-likeness (QED) is 0.793. The van der Waals surface area contributed by atoms with Gasteiger partial charge in [-0.25, -0.2) is 4.98 Å². The Morgan fingerprint density at radius 2 is 1.92 bits per heavy atom. The van der Waals surface area contributed by atoms with Gasteiger partial charge in [0.1, 0.15) is 5.82 Å². The maximum Gasteiger partial charge on any atom is 0.110 e. The lowest BCUT2D eigenvalue weighted by Crippen LogP contribution is -2.48. The molecule has 138 valence electrons. The summed E-state index contributed by atoms with van der Waals surface area (Å²) < 4.78 is 7.86. The third-order valence-electron chi connectivity index (χ3n) is 4.65. The van der Waals surface area contributed by atoms with Crippen LogP contribution in [-0.2, 0) is 17.7 Å². The maximum absolute atomic E-state index is 10.7. The summed E-state index contributed by atoms with van der Waals surface area (Å²) in [7, 11) is 0. The number of hydrogen-bond acceptors (Lipinski definition) is 5. The Morgan fingerprint density at radius 1 is 1.20 bits per heavy atom. The van der Waals surface area contributed by atoms with E-state index in [1.165, 1.54) is 0 Å². The number of rotatable bonds is 7. The number of nitrogens with zero attached hydrogens (tertiary/aromatic N) is 3. The lowest BCUT2D eigenvalue weighted by atomic mass is 10.2. The highest BCUT2D eigenvalue weighted by molar-refractivity contribution is 5.75. The number of fused-ring (bicyclic) bond motifs is 1. The van der Waals surface area contributed by atoms with Crippen molar-refractivity contribution in [3.05, 3.63) is 30.1 Å². The van der Waals surface area contributed by atoms with Gasteiger partial charge in [0.25, 0.3) is 0 Å². The molecule has 1 saturated heterocycles. The number of hydrogen-bond donors (Lipinski definition) is 2. The van der Waals surface area contributed by atoms with Crippen molar-refractivity contribution in [2.45, 2.75) is 51.5 Å². The van der Waals surface area contributed by atoms with Crippen LogP contribution in [0, 0.1) is 0 Å². The van der Waals surface area contributed by atoms with Crippen molar-refractivity contribution in [3.8, 4) is 0 Å². The number of para-hydroxylation sites is 2. The first-order valence-electron chi connectivity index (χ1n) is 9.17. The molecular formula is C19H29N3O3. The van der Waals surface area contributed by atoms with Gasteiger partial charge in [-0.3, -0.25) is 4.90 Å². The molecule has 1 aliphatic heterocycles. The van der Waals surface area contributed by atoms with E-state index in [1.54, 1.807) is 0 Å². The second-order valence-corrected chi connectivity index (χ2v) is 7.08. The van der Waals surface area contributed by atoms with Gasteiger partial charge in [-0.2, -0.15) is 0 Å². The van der Waals surface area contributed by atoms with Crippen molar-refractivity contribution in [2.24, 2.45) is 0 Å². The molecular weight excluding hydrogens is 318 g/mol. The second kappa shape index (κ2) is 8.27. The van der Waals surface area contributed by atoms with E-state index < -0.39 is 6.10 Å². The summed E-state index contributed by atoms with van der Waals surface area (Å²) in [5.74, 6) is 0.929. The SMILES string of the molecule is CC1CN(CC(O)Cn2c(CCCO)nc3ccccc32)CC(C)O1. The largest absolute Gasteiger partial charge is 0.396 e. The van der Waals surface area contributed by atoms with Crippen molar-refractivity contribution in [1.29, 1.82) is 0 Å². The van der Waals surface area contributed by atoms with Gasteiger partial charge in [-0.05, 0) is 32.4 Å². The molecule has 3 unspecified atom stereocenters. The molecule has 6 nitrogen and oxygen atoms in total. The number of aliphatic hydroxyl groups excluding tert-OH is 2. The summed E-state index contributed by atoms with van der Waals surface area (Å²) in [5, 5.41) is 19.8. The molecule has 0 aliphatic carbocycles. The molecule has 1 aliphatic rings. The maximum atomic E-state index is 10.7. The molecule has 6 heteroatoms. The summed E-state index contributed by atoms with van der Waals surface area (Å²) in [6.45, 7) is 7.14. The predicted molar refractivity (Wildman–Crippen MR) is 97.6 cm³/mol. The van der Waals surface area contributed by atoms with Crippen molar-refractivity contribution in [1.82, 2.24) is 14.5 Å². The topological polar surface area (TPSA) is 70.8 Å². The summed E-state index contributed by atoms with van der Waals surface area (Å²) in [4.78, 5) is 6.96. The Hall–Kier alpha value is -1.47. The van der Waals surface area contributed by atoms with E-state index in [1.807, 2.05) is 24.3 Å². The molecule has 1 fully saturated rings. The Bertz CT molecular complexity index is 678. The Morgan fingerprint density at radius 3 is 2.64 bits per heavy atom. The molecule has 25 heavy (non-hydrogen) atoms. The number of morpholine rings is 1. The average Bonchev–Trinajstić information content (AvgIpc) is 2.89. The van der Waals surface area contributed by atoms with Crippen LogP contribution in [0.1, 0.15) is 26.1 Å². The first-order valence-corrected chi connectivity index (χ1v) is 9.17. The van der Waals surface area contributed by atoms with E-state index in [-0.39, 0.29) is 18.8 Å². The molecule has 0 saturated carbocycles. The van der Waals surface area contributed by atoms with Gasteiger partial charge in [0.05, 0.1) is 35.9 Å². The highest BCUT2D eigenvalue weighted by Gasteiger charge is 2.24. The van der Waals surface area contributed by atoms with Gasteiger partial charge in [-0.15, -0.1) is 0 Å². The van der Waals surface area contributed by atoms with Crippen molar-refractivity contribution < 1.29 is 14.9 Å². The number of imidazole rings is 1. The zero-order valence-electron chi connectivity index (χ0n) is 15.1. The third-order valence-corrected chi connectivity index (χ3v) is 4.65. The molecule has 3 rings (SSSR count). The summed E-state index contributed by atoms with van der Waals surface area (Å²) in [6.07, 6.45) is 1.32. The van der Waals surface area contributed by atoms with E-state index in [2.05, 4.69) is 28.3 Å². The molecule has 1 aromatic heterocycles. The molecule has 0 radical (unpaired) electrons. The minimum Gasteiger partial charge on any atom is -0.396 e. The van der Waals surface area contributed by atoms with E-state index >= 15 is 0 Å². The lowest BCUT2D eigenvalue weighted by molar-refractivity contribution is -0.0772. The fourth-order valence-electron chi connectivity index (χ4n) is 3.76. The zero-order valence-corrected chi connectivity index (χ0v) is 15.1. The molecule has 0 amide bonds. The molecule has 2 aromatic rings. The highest BCUT2D eigenvalue weighted by atomic mass is 16.5. The second-order valence-electron chi connectivity index (χ2n) is 7.08. The molecule has 2 N–H and O–H groups in total. The van der Waals surface area contributed by atoms with Crippen LogP contribution in [-0.4, -0.2) is 69.2 Å². The number of benzene rings is 1. The van der Waals surface area contributed by atoms with Crippen LogP contribution in [0.15, 0.2) is 24.3 Å². The first-order chi connectivity index (χ1) is 12.1. The van der Waals surface area contributed by atoms with Gasteiger partial charge in [-0.1, -0.05) is 12.1 Å². The van der Waals surface area contributed by atoms with Crippen LogP contribution in [0.4, 0.5) is 0 Å². The van der Waals surface area contributed by atoms with Crippen LogP contribution in [0.3, 0.4) is 0 Å². The fourth-order valence-corrected chi connectivity index (χ4v) is 3.76. The van der Waals surface area contributed by atoms with Crippen LogP contribution < -0.4 is 0 Å². The van der Waals surface area contributed by atoms with Crippen molar-refractivity contribution in [2.75, 3.05) is 26.2 Å². The van der Waals surface area contributed by atoms with E-state index in [9.17, 15) is 5.11 Å². The normalized spacial score (nSPS) is 23.2. The predicted octanol–water partition coefficient (Wildman–Crippen LogP) is 1.43. The molecule has 1 aromatic carbocycles. The van der Waals surface area contributed by atoms with Gasteiger partial charge in [0.15, 0.2) is 0 Å². The lowest BCUT2D eigenvalue weighted by Gasteiger charge is -2.36. The summed E-state index contributed by atoms with van der Waals surface area (Å²) in [5.41, 5.74) is 1.98. The molecule has 3 atom stereocenters. The summed E-state index contributed by atoms with van der Waals surface area (Å²) in [6, 6.07) is 8.00. The number of ether oxygens (including phenoxy) is 1.